The van der Waals surface area contributed by atoms with Crippen LogP contribution in [0.4, 0.5) is 0 Å². The van der Waals surface area contributed by atoms with Crippen LogP contribution in [0, 0.1) is 0 Å². The lowest BCUT2D eigenvalue weighted by atomic mass is 10.4. The van der Waals surface area contributed by atoms with Gasteiger partial charge in [0.1, 0.15) is 0 Å². The Kier molecular flexibility index (Phi) is 2.81. The number of primary sulfonamides is 1. The number of hydrogen-bond donors (Lipinski definition) is 1. The standard InChI is InChI=1S/C6H7NO4S2/c7-13(10,11)6-3-1-2-5(4-6)12(8)9/h1-4H,(H,8,9)(H2,7,10,11)/p-1. The molecule has 1 unspecified atom stereocenters. The molecule has 0 heterocycles. The van der Waals surface area contributed by atoms with E-state index < -0.39 is 21.1 Å². The Balaban J connectivity index is 3.29. The van der Waals surface area contributed by atoms with Gasteiger partial charge in [-0.1, -0.05) is 6.07 Å². The average Bonchev–Trinajstić information content (AvgIpc) is 2.03. The molecule has 0 saturated heterocycles. The van der Waals surface area contributed by atoms with Crippen molar-refractivity contribution in [2.24, 2.45) is 5.14 Å². The first-order chi connectivity index (χ1) is 5.91. The molecule has 13 heavy (non-hydrogen) atoms. The second kappa shape index (κ2) is 3.54. The predicted octanol–water partition coefficient (Wildman–Crippen LogP) is -0.428. The van der Waals surface area contributed by atoms with Gasteiger partial charge in [0.15, 0.2) is 0 Å². The van der Waals surface area contributed by atoms with Crippen molar-refractivity contribution < 1.29 is 17.2 Å². The van der Waals surface area contributed by atoms with Gasteiger partial charge in [0.2, 0.25) is 10.0 Å². The molecule has 0 bridgehead atoms. The lowest BCUT2D eigenvalue weighted by molar-refractivity contribution is 0.537. The molecular formula is C6H6NO4S2-. The van der Waals surface area contributed by atoms with Crippen LogP contribution >= 0.6 is 0 Å². The molecule has 0 aliphatic heterocycles. The van der Waals surface area contributed by atoms with E-state index in [0.717, 1.165) is 6.07 Å². The molecule has 0 spiro atoms. The summed E-state index contributed by atoms with van der Waals surface area (Å²) in [7, 11) is -3.83. The highest BCUT2D eigenvalue weighted by Crippen LogP contribution is 2.11. The molecule has 0 amide bonds. The zero-order valence-corrected chi connectivity index (χ0v) is 7.97. The van der Waals surface area contributed by atoms with Gasteiger partial charge in [-0.05, 0) is 29.3 Å². The maximum absolute atomic E-state index is 10.8. The van der Waals surface area contributed by atoms with Crippen LogP contribution in [0.25, 0.3) is 0 Å². The Bertz CT molecular complexity index is 440. The van der Waals surface area contributed by atoms with Gasteiger partial charge in [-0.25, -0.2) is 13.6 Å². The summed E-state index contributed by atoms with van der Waals surface area (Å²) < 4.78 is 42.5. The molecule has 72 valence electrons. The molecule has 0 fully saturated rings. The Labute approximate surface area is 77.9 Å². The summed E-state index contributed by atoms with van der Waals surface area (Å²) in [5.74, 6) is 0. The first-order valence-corrected chi connectivity index (χ1v) is 5.75. The van der Waals surface area contributed by atoms with E-state index in [-0.39, 0.29) is 9.79 Å². The van der Waals surface area contributed by atoms with E-state index in [4.69, 9.17) is 5.14 Å². The van der Waals surface area contributed by atoms with Gasteiger partial charge in [-0.3, -0.25) is 4.21 Å². The zero-order chi connectivity index (χ0) is 10.1. The molecule has 2 N–H and O–H groups in total. The van der Waals surface area contributed by atoms with E-state index >= 15 is 0 Å². The second-order valence-electron chi connectivity index (χ2n) is 2.25. The minimum absolute atomic E-state index is 0.105. The summed E-state index contributed by atoms with van der Waals surface area (Å²) in [5, 5.41) is 4.80. The smallest absolute Gasteiger partial charge is 0.238 e. The van der Waals surface area contributed by atoms with E-state index in [1.54, 1.807) is 0 Å². The number of rotatable bonds is 2. The quantitative estimate of drug-likeness (QED) is 0.683. The highest BCUT2D eigenvalue weighted by atomic mass is 32.2. The monoisotopic (exact) mass is 220 g/mol. The Morgan fingerprint density at radius 2 is 2.00 bits per heavy atom. The van der Waals surface area contributed by atoms with Crippen LogP contribution in [0.15, 0.2) is 34.1 Å². The summed E-state index contributed by atoms with van der Waals surface area (Å²) in [5.41, 5.74) is 0. The van der Waals surface area contributed by atoms with Crippen LogP contribution in [0.5, 0.6) is 0 Å². The molecule has 0 aliphatic rings. The van der Waals surface area contributed by atoms with Gasteiger partial charge in [-0.2, -0.15) is 0 Å². The molecule has 0 saturated carbocycles. The van der Waals surface area contributed by atoms with Crippen molar-refractivity contribution in [2.45, 2.75) is 9.79 Å². The first kappa shape index (κ1) is 10.3. The molecule has 0 aliphatic carbocycles. The molecule has 1 rings (SSSR count). The summed E-state index contributed by atoms with van der Waals surface area (Å²) in [6.07, 6.45) is 0. The summed E-state index contributed by atoms with van der Waals surface area (Å²) in [4.78, 5) is -0.319. The first-order valence-electron chi connectivity index (χ1n) is 3.13. The van der Waals surface area contributed by atoms with Crippen molar-refractivity contribution in [1.82, 2.24) is 0 Å². The highest BCUT2D eigenvalue weighted by Gasteiger charge is 2.07. The lowest BCUT2D eigenvalue weighted by Gasteiger charge is -2.05. The molecule has 5 nitrogen and oxygen atoms in total. The van der Waals surface area contributed by atoms with E-state index in [2.05, 4.69) is 0 Å². The van der Waals surface area contributed by atoms with Gasteiger partial charge < -0.3 is 4.55 Å². The molecule has 1 atom stereocenters. The third-order valence-corrected chi connectivity index (χ3v) is 2.88. The molecule has 7 heteroatoms. The molecule has 0 radical (unpaired) electrons. The average molecular weight is 220 g/mol. The molecule has 1 aromatic carbocycles. The van der Waals surface area contributed by atoms with Crippen LogP contribution in [0.2, 0.25) is 0 Å². The fraction of sp³-hybridized carbons (Fsp3) is 0. The van der Waals surface area contributed by atoms with E-state index in [1.807, 2.05) is 0 Å². The predicted molar refractivity (Wildman–Crippen MR) is 45.0 cm³/mol. The number of nitrogens with two attached hydrogens (primary N) is 1. The highest BCUT2D eigenvalue weighted by molar-refractivity contribution is 7.89. The number of sulfonamides is 1. The third kappa shape index (κ3) is 2.59. The van der Waals surface area contributed by atoms with Gasteiger partial charge in [-0.15, -0.1) is 0 Å². The Hall–Kier alpha value is -0.760. The summed E-state index contributed by atoms with van der Waals surface area (Å²) in [6, 6.07) is 4.81. The third-order valence-electron chi connectivity index (χ3n) is 1.33. The van der Waals surface area contributed by atoms with Crippen LogP contribution in [-0.2, 0) is 21.1 Å². The summed E-state index contributed by atoms with van der Waals surface area (Å²) in [6.45, 7) is 0. The zero-order valence-electron chi connectivity index (χ0n) is 6.34. The van der Waals surface area contributed by atoms with Crippen molar-refractivity contribution in [3.63, 3.8) is 0 Å². The van der Waals surface area contributed by atoms with Gasteiger partial charge in [0, 0.05) is 4.90 Å². The minimum atomic E-state index is -3.83. The molecular weight excluding hydrogens is 214 g/mol. The van der Waals surface area contributed by atoms with E-state index in [0.29, 0.717) is 0 Å². The van der Waals surface area contributed by atoms with Crippen LogP contribution < -0.4 is 5.14 Å². The topological polar surface area (TPSA) is 100 Å². The SMILES string of the molecule is NS(=O)(=O)c1cccc(S(=O)[O-])c1. The van der Waals surface area contributed by atoms with E-state index in [9.17, 15) is 17.2 Å². The van der Waals surface area contributed by atoms with Gasteiger partial charge in [0.05, 0.1) is 4.90 Å². The van der Waals surface area contributed by atoms with E-state index in [1.165, 1.54) is 18.2 Å². The molecule has 1 aromatic rings. The maximum atomic E-state index is 10.8. The normalized spacial score (nSPS) is 14.0. The van der Waals surface area contributed by atoms with Gasteiger partial charge >= 0.3 is 0 Å². The summed E-state index contributed by atoms with van der Waals surface area (Å²) >= 11 is -2.44. The van der Waals surface area contributed by atoms with Crippen molar-refractivity contribution in [2.75, 3.05) is 0 Å². The minimum Gasteiger partial charge on any atom is -0.768 e. The van der Waals surface area contributed by atoms with Crippen LogP contribution in [0.3, 0.4) is 0 Å². The largest absolute Gasteiger partial charge is 0.768 e. The van der Waals surface area contributed by atoms with Crippen molar-refractivity contribution in [3.05, 3.63) is 24.3 Å². The van der Waals surface area contributed by atoms with Crippen LogP contribution in [-0.4, -0.2) is 17.2 Å². The van der Waals surface area contributed by atoms with Gasteiger partial charge in [0.25, 0.3) is 0 Å². The second-order valence-corrected chi connectivity index (χ2v) is 4.76. The lowest BCUT2D eigenvalue weighted by Crippen LogP contribution is -2.12. The Morgan fingerprint density at radius 1 is 1.38 bits per heavy atom. The Morgan fingerprint density at radius 3 is 2.46 bits per heavy atom. The number of hydrogen-bond acceptors (Lipinski definition) is 4. The molecule has 0 aromatic heterocycles. The maximum Gasteiger partial charge on any atom is 0.238 e. The van der Waals surface area contributed by atoms with Crippen molar-refractivity contribution in [1.29, 1.82) is 0 Å². The number of benzene rings is 1. The fourth-order valence-corrected chi connectivity index (χ4v) is 1.80. The van der Waals surface area contributed by atoms with Crippen molar-refractivity contribution in [3.8, 4) is 0 Å². The van der Waals surface area contributed by atoms with Crippen molar-refractivity contribution >= 4 is 21.1 Å². The van der Waals surface area contributed by atoms with Crippen LogP contribution in [0.1, 0.15) is 0 Å². The fourth-order valence-electron chi connectivity index (χ4n) is 0.755.